The van der Waals surface area contributed by atoms with Gasteiger partial charge in [0.05, 0.1) is 11.9 Å². The SMILES string of the molecule is Nc1ccc(Br)c(NS(=O)(=O)c2cncc(F)c2)c1. The summed E-state index contributed by atoms with van der Waals surface area (Å²) < 4.78 is 39.9. The Kier molecular flexibility index (Phi) is 3.72. The van der Waals surface area contributed by atoms with E-state index in [1.165, 1.54) is 6.07 Å². The van der Waals surface area contributed by atoms with Crippen LogP contribution in [-0.4, -0.2) is 13.4 Å². The first kappa shape index (κ1) is 13.8. The molecule has 0 saturated heterocycles. The quantitative estimate of drug-likeness (QED) is 0.836. The molecule has 1 aromatic heterocycles. The summed E-state index contributed by atoms with van der Waals surface area (Å²) in [6, 6.07) is 5.56. The van der Waals surface area contributed by atoms with E-state index in [0.717, 1.165) is 18.5 Å². The van der Waals surface area contributed by atoms with Gasteiger partial charge in [0.1, 0.15) is 10.7 Å². The van der Waals surface area contributed by atoms with Crippen LogP contribution >= 0.6 is 15.9 Å². The number of sulfonamides is 1. The van der Waals surface area contributed by atoms with E-state index in [0.29, 0.717) is 10.2 Å². The average Bonchev–Trinajstić information content (AvgIpc) is 2.33. The van der Waals surface area contributed by atoms with Gasteiger partial charge < -0.3 is 5.73 Å². The minimum Gasteiger partial charge on any atom is -0.399 e. The third kappa shape index (κ3) is 3.21. The first-order chi connectivity index (χ1) is 8.88. The van der Waals surface area contributed by atoms with Crippen molar-refractivity contribution >= 4 is 37.3 Å². The van der Waals surface area contributed by atoms with E-state index in [2.05, 4.69) is 25.6 Å². The van der Waals surface area contributed by atoms with Crippen LogP contribution in [0.5, 0.6) is 0 Å². The molecule has 0 unspecified atom stereocenters. The fourth-order valence-corrected chi connectivity index (χ4v) is 2.88. The lowest BCUT2D eigenvalue weighted by molar-refractivity contribution is 0.592. The Labute approximate surface area is 117 Å². The Morgan fingerprint density at radius 1 is 1.26 bits per heavy atom. The number of nitrogens with one attached hydrogen (secondary N) is 1. The van der Waals surface area contributed by atoms with E-state index >= 15 is 0 Å². The number of hydrogen-bond acceptors (Lipinski definition) is 4. The van der Waals surface area contributed by atoms with Crippen molar-refractivity contribution in [1.82, 2.24) is 4.98 Å². The first-order valence-electron chi connectivity index (χ1n) is 5.07. The van der Waals surface area contributed by atoms with E-state index in [1.54, 1.807) is 12.1 Å². The van der Waals surface area contributed by atoms with Gasteiger partial charge in [0.2, 0.25) is 0 Å². The second-order valence-corrected chi connectivity index (χ2v) is 6.22. The van der Waals surface area contributed by atoms with Crippen molar-refractivity contribution in [2.45, 2.75) is 4.90 Å². The van der Waals surface area contributed by atoms with Gasteiger partial charge >= 0.3 is 0 Å². The molecule has 8 heteroatoms. The number of aromatic nitrogens is 1. The van der Waals surface area contributed by atoms with Crippen molar-refractivity contribution in [1.29, 1.82) is 0 Å². The Bertz CT molecular complexity index is 722. The fraction of sp³-hybridized carbons (Fsp3) is 0. The molecule has 0 radical (unpaired) electrons. The Hall–Kier alpha value is -1.67. The van der Waals surface area contributed by atoms with Gasteiger partial charge in [-0.25, -0.2) is 12.8 Å². The van der Waals surface area contributed by atoms with Gasteiger partial charge in [0.15, 0.2) is 0 Å². The molecular weight excluding hydrogens is 337 g/mol. The van der Waals surface area contributed by atoms with Crippen molar-refractivity contribution in [2.24, 2.45) is 0 Å². The Morgan fingerprint density at radius 2 is 2.00 bits per heavy atom. The van der Waals surface area contributed by atoms with Crippen LogP contribution in [0.2, 0.25) is 0 Å². The van der Waals surface area contributed by atoms with Crippen molar-refractivity contribution in [2.75, 3.05) is 10.5 Å². The van der Waals surface area contributed by atoms with E-state index in [-0.39, 0.29) is 10.6 Å². The van der Waals surface area contributed by atoms with Gasteiger partial charge in [-0.2, -0.15) is 0 Å². The van der Waals surface area contributed by atoms with Crippen LogP contribution in [0.1, 0.15) is 0 Å². The minimum absolute atomic E-state index is 0.262. The number of pyridine rings is 1. The zero-order chi connectivity index (χ0) is 14.0. The number of rotatable bonds is 3. The monoisotopic (exact) mass is 345 g/mol. The number of anilines is 2. The van der Waals surface area contributed by atoms with Crippen LogP contribution in [0.4, 0.5) is 15.8 Å². The summed E-state index contributed by atoms with van der Waals surface area (Å²) in [5.74, 6) is -0.727. The highest BCUT2D eigenvalue weighted by Gasteiger charge is 2.17. The number of benzene rings is 1. The fourth-order valence-electron chi connectivity index (χ4n) is 1.36. The lowest BCUT2D eigenvalue weighted by Crippen LogP contribution is -2.14. The van der Waals surface area contributed by atoms with Crippen LogP contribution < -0.4 is 10.5 Å². The molecule has 0 spiro atoms. The number of nitrogen functional groups attached to an aromatic ring is 1. The maximum absolute atomic E-state index is 13.0. The van der Waals surface area contributed by atoms with Crippen molar-refractivity contribution < 1.29 is 12.8 Å². The molecule has 0 atom stereocenters. The van der Waals surface area contributed by atoms with Crippen molar-refractivity contribution in [3.05, 3.63) is 46.9 Å². The maximum Gasteiger partial charge on any atom is 0.263 e. The topological polar surface area (TPSA) is 85.1 Å². The summed E-state index contributed by atoms with van der Waals surface area (Å²) in [5.41, 5.74) is 6.25. The molecule has 19 heavy (non-hydrogen) atoms. The summed E-state index contributed by atoms with van der Waals surface area (Å²) in [7, 11) is -3.91. The maximum atomic E-state index is 13.0. The normalized spacial score (nSPS) is 11.3. The molecule has 5 nitrogen and oxygen atoms in total. The lowest BCUT2D eigenvalue weighted by Gasteiger charge is -2.10. The van der Waals surface area contributed by atoms with Crippen molar-refractivity contribution in [3.8, 4) is 0 Å². The van der Waals surface area contributed by atoms with Crippen LogP contribution in [0, 0.1) is 5.82 Å². The molecule has 0 aliphatic rings. The van der Waals surface area contributed by atoms with Crippen LogP contribution in [-0.2, 0) is 10.0 Å². The molecular formula is C11H9BrFN3O2S. The third-order valence-electron chi connectivity index (χ3n) is 2.22. The third-order valence-corrected chi connectivity index (χ3v) is 4.25. The van der Waals surface area contributed by atoms with Gasteiger partial charge in [-0.05, 0) is 40.2 Å². The van der Waals surface area contributed by atoms with Crippen molar-refractivity contribution in [3.63, 3.8) is 0 Å². The predicted molar refractivity (Wildman–Crippen MR) is 73.6 cm³/mol. The number of nitrogens with zero attached hydrogens (tertiary/aromatic N) is 1. The second kappa shape index (κ2) is 5.14. The lowest BCUT2D eigenvalue weighted by atomic mass is 10.3. The number of halogens is 2. The van der Waals surface area contributed by atoms with Gasteiger partial charge in [-0.3, -0.25) is 9.71 Å². The zero-order valence-corrected chi connectivity index (χ0v) is 11.9. The number of nitrogens with two attached hydrogens (primary N) is 1. The van der Waals surface area contributed by atoms with Crippen LogP contribution in [0.3, 0.4) is 0 Å². The molecule has 2 rings (SSSR count). The standard InChI is InChI=1S/C11H9BrFN3O2S/c12-10-2-1-8(14)4-11(10)16-19(17,18)9-3-7(13)5-15-6-9/h1-6,16H,14H2. The molecule has 1 aromatic carbocycles. The van der Waals surface area contributed by atoms with Crippen LogP contribution in [0.25, 0.3) is 0 Å². The summed E-state index contributed by atoms with van der Waals surface area (Å²) in [6.07, 6.45) is 1.99. The summed E-state index contributed by atoms with van der Waals surface area (Å²) in [4.78, 5) is 3.24. The Balaban J connectivity index is 2.39. The smallest absolute Gasteiger partial charge is 0.263 e. The van der Waals surface area contributed by atoms with E-state index < -0.39 is 15.8 Å². The van der Waals surface area contributed by atoms with E-state index in [4.69, 9.17) is 5.73 Å². The Morgan fingerprint density at radius 3 is 2.68 bits per heavy atom. The first-order valence-corrected chi connectivity index (χ1v) is 7.34. The molecule has 0 aliphatic carbocycles. The van der Waals surface area contributed by atoms with Gasteiger partial charge in [-0.1, -0.05) is 0 Å². The van der Waals surface area contributed by atoms with Gasteiger partial charge in [0, 0.05) is 16.4 Å². The molecule has 0 fully saturated rings. The second-order valence-electron chi connectivity index (χ2n) is 3.68. The largest absolute Gasteiger partial charge is 0.399 e. The van der Waals surface area contributed by atoms with Crippen LogP contribution in [0.15, 0.2) is 46.0 Å². The molecule has 0 saturated carbocycles. The minimum atomic E-state index is -3.91. The molecule has 0 aliphatic heterocycles. The number of hydrogen-bond donors (Lipinski definition) is 2. The van der Waals surface area contributed by atoms with E-state index in [1.807, 2.05) is 0 Å². The van der Waals surface area contributed by atoms with E-state index in [9.17, 15) is 12.8 Å². The molecule has 3 N–H and O–H groups in total. The molecule has 0 bridgehead atoms. The molecule has 2 aromatic rings. The highest BCUT2D eigenvalue weighted by molar-refractivity contribution is 9.10. The summed E-state index contributed by atoms with van der Waals surface area (Å²) >= 11 is 3.20. The predicted octanol–water partition coefficient (Wildman–Crippen LogP) is 2.37. The highest BCUT2D eigenvalue weighted by Crippen LogP contribution is 2.27. The average molecular weight is 346 g/mol. The molecule has 100 valence electrons. The molecule has 1 heterocycles. The summed E-state index contributed by atoms with van der Waals surface area (Å²) in [5, 5.41) is 0. The summed E-state index contributed by atoms with van der Waals surface area (Å²) in [6.45, 7) is 0. The highest BCUT2D eigenvalue weighted by atomic mass is 79.9. The van der Waals surface area contributed by atoms with Gasteiger partial charge in [0.25, 0.3) is 10.0 Å². The van der Waals surface area contributed by atoms with Gasteiger partial charge in [-0.15, -0.1) is 0 Å². The zero-order valence-electron chi connectivity index (χ0n) is 9.47. The molecule has 0 amide bonds.